The van der Waals surface area contributed by atoms with E-state index in [1.165, 1.54) is 0 Å². The van der Waals surface area contributed by atoms with Crippen molar-refractivity contribution < 1.29 is 9.11 Å². The third-order valence-corrected chi connectivity index (χ3v) is 2.43. The molecule has 59 valence electrons. The normalized spacial score (nSPS) is 10.5. The van der Waals surface area contributed by atoms with Crippen molar-refractivity contribution in [3.63, 3.8) is 0 Å². The molecule has 0 saturated carbocycles. The van der Waals surface area contributed by atoms with Crippen molar-refractivity contribution in [1.82, 2.24) is 0 Å². The summed E-state index contributed by atoms with van der Waals surface area (Å²) in [6.07, 6.45) is 0. The van der Waals surface area contributed by atoms with Crippen LogP contribution in [0.2, 0.25) is 0 Å². The van der Waals surface area contributed by atoms with Gasteiger partial charge in [0.2, 0.25) is 0 Å². The first-order chi connectivity index (χ1) is 5.38. The maximum atomic E-state index is 8.68. The van der Waals surface area contributed by atoms with Crippen LogP contribution in [0.5, 0.6) is 0 Å². The summed E-state index contributed by atoms with van der Waals surface area (Å²) in [4.78, 5) is 0. The van der Waals surface area contributed by atoms with Crippen LogP contribution >= 0.6 is 24.1 Å². The summed E-state index contributed by atoms with van der Waals surface area (Å²) in [5.74, 6) is 0. The largest absolute Gasteiger partial charge is 0.328 e. The Labute approximate surface area is 74.0 Å². The molecule has 0 aromatic heterocycles. The Kier molecular flexibility index (Phi) is 3.79. The van der Waals surface area contributed by atoms with Crippen LogP contribution in [0.4, 0.5) is 0 Å². The van der Waals surface area contributed by atoms with Crippen molar-refractivity contribution in [3.8, 4) is 0 Å². The number of hydrogen-bond acceptors (Lipinski definition) is 4. The van der Waals surface area contributed by atoms with Gasteiger partial charge >= 0.3 is 0 Å². The molecule has 0 atom stereocenters. The molecule has 2 N–H and O–H groups in total. The van der Waals surface area contributed by atoms with Gasteiger partial charge in [-0.05, 0) is 5.56 Å². The summed E-state index contributed by atoms with van der Waals surface area (Å²) in [5.41, 5.74) is 0.826. The zero-order valence-corrected chi connectivity index (χ0v) is 7.23. The third kappa shape index (κ3) is 2.41. The van der Waals surface area contributed by atoms with Gasteiger partial charge < -0.3 is 9.11 Å². The van der Waals surface area contributed by atoms with Crippen molar-refractivity contribution in [2.24, 2.45) is 0 Å². The van der Waals surface area contributed by atoms with Gasteiger partial charge in [0.05, 0.1) is 0 Å². The molecule has 0 aliphatic carbocycles. The summed E-state index contributed by atoms with van der Waals surface area (Å²) in [5, 5.41) is 0. The zero-order chi connectivity index (χ0) is 8.10. The van der Waals surface area contributed by atoms with Crippen molar-refractivity contribution >= 4 is 24.1 Å². The van der Waals surface area contributed by atoms with Crippen LogP contribution in [0.25, 0.3) is 0 Å². The van der Waals surface area contributed by atoms with E-state index < -0.39 is 0 Å². The third-order valence-electron chi connectivity index (χ3n) is 1.18. The summed E-state index contributed by atoms with van der Waals surface area (Å²) in [6, 6.07) is 9.22. The van der Waals surface area contributed by atoms with E-state index in [2.05, 4.69) is 0 Å². The molecule has 0 bridgehead atoms. The second kappa shape index (κ2) is 4.66. The molecule has 0 aliphatic heterocycles. The molecule has 0 saturated heterocycles. The second-order valence-electron chi connectivity index (χ2n) is 1.84. The lowest BCUT2D eigenvalue weighted by molar-refractivity contribution is 0.658. The fraction of sp³-hybridized carbons (Fsp3) is 0. The van der Waals surface area contributed by atoms with Crippen LogP contribution in [-0.4, -0.2) is 9.11 Å². The lowest BCUT2D eigenvalue weighted by Gasteiger charge is -2.05. The lowest BCUT2D eigenvalue weighted by atomic mass is 10.2. The topological polar surface area (TPSA) is 40.5 Å². The van der Waals surface area contributed by atoms with Gasteiger partial charge in [0.1, 0.15) is 0 Å². The maximum Gasteiger partial charge on any atom is 0.170 e. The number of benzene rings is 1. The van der Waals surface area contributed by atoms with Crippen LogP contribution in [0, 0.1) is 4.58 Å². The van der Waals surface area contributed by atoms with Crippen molar-refractivity contribution in [3.05, 3.63) is 40.5 Å². The molecule has 0 heterocycles. The van der Waals surface area contributed by atoms with E-state index in [-0.39, 0.29) is 0 Å². The molecule has 1 radical (unpaired) electrons. The Hall–Kier alpha value is -0.160. The molecule has 11 heavy (non-hydrogen) atoms. The van der Waals surface area contributed by atoms with E-state index in [4.69, 9.17) is 9.11 Å². The molecule has 1 rings (SSSR count). The lowest BCUT2D eigenvalue weighted by Crippen LogP contribution is -1.86. The summed E-state index contributed by atoms with van der Waals surface area (Å²) in [7, 11) is 0. The minimum atomic E-state index is 0.491. The van der Waals surface area contributed by atoms with Crippen LogP contribution < -0.4 is 0 Å². The molecule has 2 nitrogen and oxygen atoms in total. The van der Waals surface area contributed by atoms with E-state index in [0.717, 1.165) is 5.56 Å². The minimum absolute atomic E-state index is 0.491. The van der Waals surface area contributed by atoms with Gasteiger partial charge in [0.25, 0.3) is 0 Å². The average molecular weight is 187 g/mol. The molecule has 0 spiro atoms. The van der Waals surface area contributed by atoms with Crippen LogP contribution in [-0.2, 0) is 0 Å². The van der Waals surface area contributed by atoms with Gasteiger partial charge in [0, 0.05) is 24.1 Å². The van der Waals surface area contributed by atoms with Crippen LogP contribution in [0.1, 0.15) is 5.56 Å². The van der Waals surface area contributed by atoms with E-state index >= 15 is 0 Å². The molecule has 0 aliphatic rings. The highest BCUT2D eigenvalue weighted by molar-refractivity contribution is 8.16. The van der Waals surface area contributed by atoms with Crippen LogP contribution in [0.15, 0.2) is 30.3 Å². The van der Waals surface area contributed by atoms with Gasteiger partial charge in [-0.25, -0.2) is 0 Å². The van der Waals surface area contributed by atoms with Gasteiger partial charge in [-0.1, -0.05) is 30.3 Å². The van der Waals surface area contributed by atoms with Crippen molar-refractivity contribution in [2.45, 2.75) is 0 Å². The monoisotopic (exact) mass is 187 g/mol. The molecular formula is C7H7O2S2. The molecule has 0 amide bonds. The molecular weight excluding hydrogens is 180 g/mol. The van der Waals surface area contributed by atoms with E-state index in [9.17, 15) is 0 Å². The molecule has 0 unspecified atom stereocenters. The first-order valence-corrected chi connectivity index (χ1v) is 4.48. The van der Waals surface area contributed by atoms with E-state index in [1.807, 2.05) is 30.3 Å². The summed E-state index contributed by atoms with van der Waals surface area (Å²) in [6.45, 7) is 0. The molecule has 4 heteroatoms. The van der Waals surface area contributed by atoms with Crippen molar-refractivity contribution in [2.75, 3.05) is 0 Å². The standard InChI is InChI=1S/C7H7O2S2/c8-10-7(11-9)6-4-2-1-3-5-6/h1-5,8-9H. The summed E-state index contributed by atoms with van der Waals surface area (Å²) < 4.78 is 17.8. The first kappa shape index (κ1) is 8.93. The molecule has 1 aromatic carbocycles. The quantitative estimate of drug-likeness (QED) is 0.714. The Morgan fingerprint density at radius 3 is 2.00 bits per heavy atom. The highest BCUT2D eigenvalue weighted by Gasteiger charge is 2.11. The Morgan fingerprint density at radius 1 is 1.00 bits per heavy atom. The Bertz CT molecular complexity index is 199. The highest BCUT2D eigenvalue weighted by atomic mass is 32.2. The van der Waals surface area contributed by atoms with Gasteiger partial charge in [-0.3, -0.25) is 0 Å². The fourth-order valence-electron chi connectivity index (χ4n) is 0.696. The first-order valence-electron chi connectivity index (χ1n) is 2.93. The number of hydrogen-bond donors (Lipinski definition) is 2. The van der Waals surface area contributed by atoms with Crippen molar-refractivity contribution in [1.29, 1.82) is 0 Å². The highest BCUT2D eigenvalue weighted by Crippen LogP contribution is 2.33. The zero-order valence-electron chi connectivity index (χ0n) is 5.60. The Balaban J connectivity index is 2.74. The van der Waals surface area contributed by atoms with Crippen LogP contribution in [0.3, 0.4) is 0 Å². The van der Waals surface area contributed by atoms with E-state index in [0.29, 0.717) is 28.7 Å². The fourth-order valence-corrected chi connectivity index (χ4v) is 1.31. The number of rotatable bonds is 3. The average Bonchev–Trinajstić information content (AvgIpc) is 2.09. The molecule has 0 fully saturated rings. The SMILES string of the molecule is OS[C](SO)c1ccccc1. The smallest absolute Gasteiger partial charge is 0.170 e. The Morgan fingerprint density at radius 2 is 1.55 bits per heavy atom. The maximum absolute atomic E-state index is 8.68. The van der Waals surface area contributed by atoms with Gasteiger partial charge in [-0.15, -0.1) is 0 Å². The predicted molar refractivity (Wildman–Crippen MR) is 49.2 cm³/mol. The predicted octanol–water partition coefficient (Wildman–Crippen LogP) is 2.94. The van der Waals surface area contributed by atoms with E-state index in [1.54, 1.807) is 0 Å². The minimum Gasteiger partial charge on any atom is -0.328 e. The molecule has 1 aromatic rings. The second-order valence-corrected chi connectivity index (χ2v) is 3.28. The van der Waals surface area contributed by atoms with Gasteiger partial charge in [-0.2, -0.15) is 0 Å². The summed E-state index contributed by atoms with van der Waals surface area (Å²) >= 11 is 1.11. The van der Waals surface area contributed by atoms with Gasteiger partial charge in [0.15, 0.2) is 4.58 Å².